The number of rotatable bonds is 3. The number of nitrogens with zero attached hydrogens (tertiary/aromatic N) is 2. The smallest absolute Gasteiger partial charge is 0.306 e. The molecule has 1 heterocycles. The minimum absolute atomic E-state index is 0.0610. The molecule has 2 aromatic rings. The predicted molar refractivity (Wildman–Crippen MR) is 68.4 cm³/mol. The van der Waals surface area contributed by atoms with Gasteiger partial charge in [-0.3, -0.25) is 14.7 Å². The molecule has 19 heavy (non-hydrogen) atoms. The summed E-state index contributed by atoms with van der Waals surface area (Å²) in [7, 11) is -4.49. The van der Waals surface area contributed by atoms with Gasteiger partial charge in [-0.2, -0.15) is 8.42 Å². The Bertz CT molecular complexity index is 753. The maximum atomic E-state index is 11.2. The van der Waals surface area contributed by atoms with Crippen molar-refractivity contribution in [2.45, 2.75) is 4.21 Å². The molecule has 0 aliphatic carbocycles. The van der Waals surface area contributed by atoms with Crippen molar-refractivity contribution < 1.29 is 17.9 Å². The highest BCUT2D eigenvalue weighted by Crippen LogP contribution is 2.34. The van der Waals surface area contributed by atoms with Gasteiger partial charge in [0.2, 0.25) is 0 Å². The number of hydrogen-bond acceptors (Lipinski definition) is 7. The largest absolute Gasteiger partial charge is 0.375 e. The van der Waals surface area contributed by atoms with Crippen molar-refractivity contribution >= 4 is 32.3 Å². The molecule has 0 bridgehead atoms. The summed E-state index contributed by atoms with van der Waals surface area (Å²) >= 11 is 0.589. The quantitative estimate of drug-likeness (QED) is 0.498. The van der Waals surface area contributed by atoms with Gasteiger partial charge in [0, 0.05) is 17.7 Å². The van der Waals surface area contributed by atoms with Gasteiger partial charge >= 0.3 is 10.1 Å². The Morgan fingerprint density at radius 1 is 1.42 bits per heavy atom. The third-order valence-corrected chi connectivity index (χ3v) is 4.40. The Morgan fingerprint density at radius 2 is 2.11 bits per heavy atom. The summed E-state index contributed by atoms with van der Waals surface area (Å²) in [4.78, 5) is 13.8. The van der Waals surface area contributed by atoms with Crippen molar-refractivity contribution in [3.8, 4) is 11.3 Å². The molecule has 0 aliphatic heterocycles. The van der Waals surface area contributed by atoms with Crippen molar-refractivity contribution in [3.63, 3.8) is 0 Å². The Kier molecular flexibility index (Phi) is 3.22. The first-order chi connectivity index (χ1) is 8.79. The highest BCUT2D eigenvalue weighted by atomic mass is 32.3. The Labute approximate surface area is 111 Å². The van der Waals surface area contributed by atoms with Crippen LogP contribution >= 0.6 is 11.3 Å². The lowest BCUT2D eigenvalue weighted by atomic mass is 10.1. The van der Waals surface area contributed by atoms with Gasteiger partial charge < -0.3 is 5.73 Å². The third kappa shape index (κ3) is 2.70. The van der Waals surface area contributed by atoms with Crippen molar-refractivity contribution in [2.75, 3.05) is 5.73 Å². The average molecular weight is 301 g/mol. The van der Waals surface area contributed by atoms with E-state index in [9.17, 15) is 18.5 Å². The van der Waals surface area contributed by atoms with Gasteiger partial charge in [-0.25, -0.2) is 4.98 Å². The molecule has 1 aromatic carbocycles. The first-order valence-corrected chi connectivity index (χ1v) is 7.03. The molecular weight excluding hydrogens is 294 g/mol. The number of aromatic nitrogens is 1. The molecule has 0 aliphatic rings. The lowest BCUT2D eigenvalue weighted by molar-refractivity contribution is -0.384. The zero-order chi connectivity index (χ0) is 14.2. The molecule has 0 amide bonds. The summed E-state index contributed by atoms with van der Waals surface area (Å²) in [6.45, 7) is 0. The monoisotopic (exact) mass is 301 g/mol. The minimum atomic E-state index is -4.49. The van der Waals surface area contributed by atoms with Crippen LogP contribution in [0.4, 0.5) is 10.8 Å². The highest BCUT2D eigenvalue weighted by molar-refractivity contribution is 7.88. The molecule has 0 atom stereocenters. The summed E-state index contributed by atoms with van der Waals surface area (Å²) in [5, 5.41) is 10.6. The Morgan fingerprint density at radius 3 is 2.68 bits per heavy atom. The number of benzene rings is 1. The van der Waals surface area contributed by atoms with Crippen LogP contribution in [0.15, 0.2) is 28.5 Å². The number of thiazole rings is 1. The molecule has 1 aromatic heterocycles. The van der Waals surface area contributed by atoms with Crippen molar-refractivity contribution in [1.82, 2.24) is 4.98 Å². The van der Waals surface area contributed by atoms with Crippen LogP contribution in [-0.2, 0) is 10.1 Å². The summed E-state index contributed by atoms with van der Waals surface area (Å²) in [5.41, 5.74) is 5.28. The van der Waals surface area contributed by atoms with Crippen LogP contribution in [-0.4, -0.2) is 22.9 Å². The average Bonchev–Trinajstić information content (AvgIpc) is 2.71. The summed E-state index contributed by atoms with van der Waals surface area (Å²) in [6.07, 6.45) is 0. The van der Waals surface area contributed by atoms with Crippen molar-refractivity contribution in [2.24, 2.45) is 0 Å². The molecule has 0 unspecified atom stereocenters. The van der Waals surface area contributed by atoms with Gasteiger partial charge in [0.15, 0.2) is 9.34 Å². The van der Waals surface area contributed by atoms with E-state index in [4.69, 9.17) is 10.3 Å². The number of nitrogens with two attached hydrogens (primary N) is 1. The van der Waals surface area contributed by atoms with Crippen molar-refractivity contribution in [1.29, 1.82) is 0 Å². The van der Waals surface area contributed by atoms with E-state index in [1.54, 1.807) is 0 Å². The molecule has 8 nitrogen and oxygen atoms in total. The molecular formula is C9H7N3O5S2. The number of nitrogen functional groups attached to an aromatic ring is 1. The molecule has 3 N–H and O–H groups in total. The fourth-order valence-electron chi connectivity index (χ4n) is 1.45. The third-order valence-electron chi connectivity index (χ3n) is 2.18. The SMILES string of the molecule is Nc1nc(-c2cccc([N+](=O)[O-])c2)c(S(=O)(=O)O)s1. The lowest BCUT2D eigenvalue weighted by Crippen LogP contribution is -1.97. The zero-order valence-corrected chi connectivity index (χ0v) is 10.8. The molecule has 100 valence electrons. The first kappa shape index (κ1) is 13.4. The van der Waals surface area contributed by atoms with E-state index in [0.29, 0.717) is 11.3 Å². The van der Waals surface area contributed by atoms with E-state index >= 15 is 0 Å². The molecule has 0 fully saturated rings. The van der Waals surface area contributed by atoms with E-state index in [0.717, 1.165) is 6.07 Å². The topological polar surface area (TPSA) is 136 Å². The minimum Gasteiger partial charge on any atom is -0.375 e. The van der Waals surface area contributed by atoms with E-state index in [-0.39, 0.29) is 22.1 Å². The molecule has 0 saturated heterocycles. The van der Waals surface area contributed by atoms with Crippen LogP contribution in [0.2, 0.25) is 0 Å². The molecule has 10 heteroatoms. The zero-order valence-electron chi connectivity index (χ0n) is 9.18. The van der Waals surface area contributed by atoms with E-state index < -0.39 is 19.3 Å². The Hall–Kier alpha value is -2.04. The lowest BCUT2D eigenvalue weighted by Gasteiger charge is -1.99. The highest BCUT2D eigenvalue weighted by Gasteiger charge is 2.23. The Balaban J connectivity index is 2.66. The molecule has 0 radical (unpaired) electrons. The maximum Gasteiger partial charge on any atom is 0.306 e. The number of hydrogen-bond donors (Lipinski definition) is 2. The van der Waals surface area contributed by atoms with Crippen molar-refractivity contribution in [3.05, 3.63) is 34.4 Å². The second-order valence-electron chi connectivity index (χ2n) is 3.47. The van der Waals surface area contributed by atoms with E-state index in [1.165, 1.54) is 18.2 Å². The van der Waals surface area contributed by atoms with Gasteiger partial charge in [-0.15, -0.1) is 0 Å². The molecule has 0 saturated carbocycles. The second kappa shape index (κ2) is 4.57. The number of non-ortho nitro benzene ring substituents is 1. The second-order valence-corrected chi connectivity index (χ2v) is 6.12. The van der Waals surface area contributed by atoms with Gasteiger partial charge in [-0.1, -0.05) is 23.5 Å². The normalized spacial score (nSPS) is 11.4. The van der Waals surface area contributed by atoms with Crippen LogP contribution in [0.3, 0.4) is 0 Å². The summed E-state index contributed by atoms with van der Waals surface area (Å²) < 4.78 is 31.0. The standard InChI is InChI=1S/C9H7N3O5S2/c10-9-11-7(8(18-9)19(15,16)17)5-2-1-3-6(4-5)12(13)14/h1-4H,(H2,10,11)(H,15,16,17). The molecule has 2 rings (SSSR count). The number of nitro groups is 1. The fourth-order valence-corrected chi connectivity index (χ4v) is 3.12. The van der Waals surface area contributed by atoms with Crippen LogP contribution in [0.1, 0.15) is 0 Å². The summed E-state index contributed by atoms with van der Waals surface area (Å²) in [6, 6.07) is 5.24. The van der Waals surface area contributed by atoms with Gasteiger partial charge in [-0.05, 0) is 0 Å². The molecule has 0 spiro atoms. The van der Waals surface area contributed by atoms with Gasteiger partial charge in [0.05, 0.1) is 4.92 Å². The van der Waals surface area contributed by atoms with E-state index in [1.807, 2.05) is 0 Å². The first-order valence-electron chi connectivity index (χ1n) is 4.77. The van der Waals surface area contributed by atoms with Gasteiger partial charge in [0.1, 0.15) is 5.69 Å². The van der Waals surface area contributed by atoms with E-state index in [2.05, 4.69) is 4.98 Å². The summed E-state index contributed by atoms with van der Waals surface area (Å²) in [5.74, 6) is 0. The van der Waals surface area contributed by atoms with Crippen LogP contribution < -0.4 is 5.73 Å². The predicted octanol–water partition coefficient (Wildman–Crippen LogP) is 1.55. The fraction of sp³-hybridized carbons (Fsp3) is 0. The maximum absolute atomic E-state index is 11.2. The van der Waals surface area contributed by atoms with Crippen LogP contribution in [0, 0.1) is 10.1 Å². The van der Waals surface area contributed by atoms with Crippen LogP contribution in [0.25, 0.3) is 11.3 Å². The number of anilines is 1. The van der Waals surface area contributed by atoms with Gasteiger partial charge in [0.25, 0.3) is 5.69 Å². The number of nitro benzene ring substituents is 1. The van der Waals surface area contributed by atoms with Crippen LogP contribution in [0.5, 0.6) is 0 Å².